The summed E-state index contributed by atoms with van der Waals surface area (Å²) < 4.78 is 5.95. The Balaban J connectivity index is 1.61. The molecule has 4 rings (SSSR count). The summed E-state index contributed by atoms with van der Waals surface area (Å²) in [6.45, 7) is 5.85. The summed E-state index contributed by atoms with van der Waals surface area (Å²) in [5.74, 6) is 0.799. The monoisotopic (exact) mass is 351 g/mol. The number of hydrogen-bond acceptors (Lipinski definition) is 2. The molecule has 0 aliphatic rings. The molecule has 0 atom stereocenters. The Morgan fingerprint density at radius 3 is 2.26 bits per heavy atom. The first-order valence-electron chi connectivity index (χ1n) is 9.02. The highest BCUT2D eigenvalue weighted by Gasteiger charge is 2.10. The van der Waals surface area contributed by atoms with E-state index in [0.29, 0.717) is 0 Å². The Hall–Kier alpha value is -3.52. The van der Waals surface area contributed by atoms with E-state index in [1.54, 1.807) is 6.08 Å². The molecule has 2 heteroatoms. The lowest BCUT2D eigenvalue weighted by Crippen LogP contribution is -1.89. The number of allylic oxidation sites excluding steroid dienone is 1. The lowest BCUT2D eigenvalue weighted by molar-refractivity contribution is 0.603. The van der Waals surface area contributed by atoms with Gasteiger partial charge in [0.1, 0.15) is 11.3 Å². The predicted molar refractivity (Wildman–Crippen MR) is 116 cm³/mol. The summed E-state index contributed by atoms with van der Waals surface area (Å²) in [5.41, 5.74) is 6.37. The highest BCUT2D eigenvalue weighted by atomic mass is 16.3. The van der Waals surface area contributed by atoms with Gasteiger partial charge in [0.15, 0.2) is 0 Å². The van der Waals surface area contributed by atoms with Gasteiger partial charge in [0.2, 0.25) is 0 Å². The molecule has 0 amide bonds. The van der Waals surface area contributed by atoms with E-state index in [0.717, 1.165) is 33.7 Å². The minimum Gasteiger partial charge on any atom is -0.456 e. The molecule has 0 aliphatic carbocycles. The molecule has 0 spiro atoms. The maximum Gasteiger partial charge on any atom is 0.137 e. The molecule has 1 heterocycles. The molecule has 4 aromatic rings. The van der Waals surface area contributed by atoms with Gasteiger partial charge < -0.3 is 9.73 Å². The number of benzene rings is 3. The van der Waals surface area contributed by atoms with E-state index in [-0.39, 0.29) is 0 Å². The van der Waals surface area contributed by atoms with E-state index in [9.17, 15) is 0 Å². The Labute approximate surface area is 159 Å². The third-order valence-electron chi connectivity index (χ3n) is 4.56. The quantitative estimate of drug-likeness (QED) is 0.402. The Morgan fingerprint density at radius 2 is 1.56 bits per heavy atom. The molecule has 0 saturated carbocycles. The van der Waals surface area contributed by atoms with E-state index in [1.807, 2.05) is 25.1 Å². The number of nitrogens with one attached hydrogen (secondary N) is 1. The summed E-state index contributed by atoms with van der Waals surface area (Å²) in [7, 11) is 0. The third-order valence-corrected chi connectivity index (χ3v) is 4.56. The van der Waals surface area contributed by atoms with Crippen molar-refractivity contribution >= 4 is 34.5 Å². The lowest BCUT2D eigenvalue weighted by atomic mass is 10.1. The molecule has 0 saturated heterocycles. The van der Waals surface area contributed by atoms with Crippen molar-refractivity contribution in [3.8, 4) is 11.1 Å². The number of furan rings is 1. The van der Waals surface area contributed by atoms with Gasteiger partial charge in [-0.15, -0.1) is 0 Å². The minimum atomic E-state index is 0.799. The van der Waals surface area contributed by atoms with Crippen LogP contribution >= 0.6 is 0 Å². The largest absolute Gasteiger partial charge is 0.456 e. The smallest absolute Gasteiger partial charge is 0.137 e. The van der Waals surface area contributed by atoms with E-state index in [1.165, 1.54) is 11.1 Å². The zero-order chi connectivity index (χ0) is 18.6. The lowest BCUT2D eigenvalue weighted by Gasteiger charge is -2.08. The van der Waals surface area contributed by atoms with Gasteiger partial charge in [0.05, 0.1) is 0 Å². The second-order valence-corrected chi connectivity index (χ2v) is 6.36. The molecule has 0 radical (unpaired) electrons. The van der Waals surface area contributed by atoms with Crippen LogP contribution in [0.3, 0.4) is 0 Å². The third kappa shape index (κ3) is 3.42. The van der Waals surface area contributed by atoms with Crippen LogP contribution in [0.5, 0.6) is 0 Å². The normalized spacial score (nSPS) is 11.1. The van der Waals surface area contributed by atoms with Crippen LogP contribution in [-0.4, -0.2) is 0 Å². The maximum absolute atomic E-state index is 5.95. The van der Waals surface area contributed by atoms with E-state index < -0.39 is 0 Å². The minimum absolute atomic E-state index is 0.799. The summed E-state index contributed by atoms with van der Waals surface area (Å²) in [4.78, 5) is 0. The summed E-state index contributed by atoms with van der Waals surface area (Å²) in [5, 5.41) is 4.54. The van der Waals surface area contributed by atoms with Gasteiger partial charge >= 0.3 is 0 Å². The van der Waals surface area contributed by atoms with Gasteiger partial charge in [0, 0.05) is 28.4 Å². The van der Waals surface area contributed by atoms with Gasteiger partial charge in [-0.25, -0.2) is 0 Å². The molecule has 132 valence electrons. The summed E-state index contributed by atoms with van der Waals surface area (Å²) in [6.07, 6.45) is 5.82. The van der Waals surface area contributed by atoms with Crippen molar-refractivity contribution in [1.82, 2.24) is 0 Å². The van der Waals surface area contributed by atoms with E-state index in [4.69, 9.17) is 4.42 Å². The Bertz CT molecular complexity index is 1100. The predicted octanol–water partition coefficient (Wildman–Crippen LogP) is 7.52. The summed E-state index contributed by atoms with van der Waals surface area (Å²) >= 11 is 0. The first-order chi connectivity index (χ1) is 13.3. The first kappa shape index (κ1) is 16.9. The van der Waals surface area contributed by atoms with Gasteiger partial charge in [-0.3, -0.25) is 0 Å². The molecule has 1 N–H and O–H groups in total. The highest BCUT2D eigenvalue weighted by molar-refractivity contribution is 5.93. The zero-order valence-corrected chi connectivity index (χ0v) is 15.3. The van der Waals surface area contributed by atoms with Gasteiger partial charge in [0.25, 0.3) is 0 Å². The van der Waals surface area contributed by atoms with Crippen molar-refractivity contribution in [3.05, 3.63) is 96.8 Å². The molecule has 0 unspecified atom stereocenters. The molecular formula is C25H21NO. The van der Waals surface area contributed by atoms with Crippen molar-refractivity contribution < 1.29 is 4.42 Å². The second kappa shape index (κ2) is 7.38. The summed E-state index contributed by atoms with van der Waals surface area (Å²) in [6, 6.07) is 25.0. The Morgan fingerprint density at radius 1 is 0.852 bits per heavy atom. The van der Waals surface area contributed by atoms with Crippen LogP contribution < -0.4 is 5.32 Å². The second-order valence-electron chi connectivity index (χ2n) is 6.36. The standard InChI is InChI=1S/C25H21NO/c1-3-8-22-23-16-15-21(17-25(23)27-24(22)4-2)26-20-13-11-19(12-14-20)18-9-6-5-7-10-18/h3-17,26H,2H2,1H3/b8-3-. The SMILES string of the molecule is C=Cc1oc2cc(Nc3ccc(-c4ccccc4)cc3)ccc2c1/C=C\C. The van der Waals surface area contributed by atoms with Crippen LogP contribution in [-0.2, 0) is 0 Å². The van der Waals surface area contributed by atoms with Gasteiger partial charge in [-0.1, -0.05) is 61.2 Å². The number of hydrogen-bond donors (Lipinski definition) is 1. The van der Waals surface area contributed by atoms with Crippen molar-refractivity contribution in [2.75, 3.05) is 5.32 Å². The molecule has 27 heavy (non-hydrogen) atoms. The average Bonchev–Trinajstić information content (AvgIpc) is 3.06. The van der Waals surface area contributed by atoms with Crippen molar-refractivity contribution in [2.24, 2.45) is 0 Å². The topological polar surface area (TPSA) is 25.2 Å². The van der Waals surface area contributed by atoms with Gasteiger partial charge in [-0.2, -0.15) is 0 Å². The number of anilines is 2. The molecule has 0 fully saturated rings. The molecule has 0 aliphatic heterocycles. The van der Waals surface area contributed by atoms with E-state index >= 15 is 0 Å². The van der Waals surface area contributed by atoms with Gasteiger partial charge in [-0.05, 0) is 48.4 Å². The van der Waals surface area contributed by atoms with Crippen molar-refractivity contribution in [1.29, 1.82) is 0 Å². The van der Waals surface area contributed by atoms with Crippen LogP contribution in [0.1, 0.15) is 18.2 Å². The number of fused-ring (bicyclic) bond motifs is 1. The van der Waals surface area contributed by atoms with Crippen molar-refractivity contribution in [3.63, 3.8) is 0 Å². The van der Waals surface area contributed by atoms with E-state index in [2.05, 4.69) is 78.6 Å². The fourth-order valence-electron chi connectivity index (χ4n) is 3.25. The Kier molecular flexibility index (Phi) is 4.63. The van der Waals surface area contributed by atoms with Crippen LogP contribution in [0.25, 0.3) is 34.2 Å². The molecule has 1 aromatic heterocycles. The molecule has 2 nitrogen and oxygen atoms in total. The average molecular weight is 351 g/mol. The van der Waals surface area contributed by atoms with Crippen LogP contribution in [0.15, 0.2) is 89.9 Å². The van der Waals surface area contributed by atoms with Crippen LogP contribution in [0.4, 0.5) is 11.4 Å². The highest BCUT2D eigenvalue weighted by Crippen LogP contribution is 2.31. The molecular weight excluding hydrogens is 330 g/mol. The fraction of sp³-hybridized carbons (Fsp3) is 0.0400. The molecule has 3 aromatic carbocycles. The van der Waals surface area contributed by atoms with Crippen molar-refractivity contribution in [2.45, 2.75) is 6.92 Å². The zero-order valence-electron chi connectivity index (χ0n) is 15.3. The maximum atomic E-state index is 5.95. The van der Waals surface area contributed by atoms with Crippen LogP contribution in [0, 0.1) is 0 Å². The number of rotatable bonds is 5. The first-order valence-corrected chi connectivity index (χ1v) is 9.02. The molecule has 0 bridgehead atoms. The fourth-order valence-corrected chi connectivity index (χ4v) is 3.25. The van der Waals surface area contributed by atoms with Crippen LogP contribution in [0.2, 0.25) is 0 Å².